The maximum atomic E-state index is 11.9. The Kier molecular flexibility index (Phi) is 4.60. The number of aryl methyl sites for hydroxylation is 1. The van der Waals surface area contributed by atoms with Crippen molar-refractivity contribution in [2.24, 2.45) is 0 Å². The number of alkyl halides is 1. The topological polar surface area (TPSA) is 59.8 Å². The minimum absolute atomic E-state index is 0.0481. The zero-order chi connectivity index (χ0) is 14.7. The van der Waals surface area contributed by atoms with Gasteiger partial charge in [0.05, 0.1) is 5.38 Å². The van der Waals surface area contributed by atoms with Crippen LogP contribution in [-0.4, -0.2) is 27.0 Å². The van der Waals surface area contributed by atoms with Crippen molar-refractivity contribution in [3.63, 3.8) is 0 Å². The standard InChI is InChI=1S/C14H19ClN4O/c1-4-6-16-11(20)8-19-13(10(3)15)18-12-9(2)5-7-17-14(12)19/h5,7,10H,4,6,8H2,1-3H3,(H,16,20). The molecule has 0 aliphatic carbocycles. The molecule has 0 aromatic carbocycles. The van der Waals surface area contributed by atoms with E-state index in [1.54, 1.807) is 10.8 Å². The van der Waals surface area contributed by atoms with Crippen LogP contribution in [0.4, 0.5) is 0 Å². The summed E-state index contributed by atoms with van der Waals surface area (Å²) in [5.41, 5.74) is 2.54. The summed E-state index contributed by atoms with van der Waals surface area (Å²) in [4.78, 5) is 20.8. The number of carbonyl (C=O) groups is 1. The van der Waals surface area contributed by atoms with E-state index in [1.807, 2.05) is 26.8 Å². The lowest BCUT2D eigenvalue weighted by molar-refractivity contribution is -0.121. The predicted molar refractivity (Wildman–Crippen MR) is 79.8 cm³/mol. The van der Waals surface area contributed by atoms with Crippen molar-refractivity contribution in [1.82, 2.24) is 19.9 Å². The van der Waals surface area contributed by atoms with E-state index in [0.29, 0.717) is 18.0 Å². The van der Waals surface area contributed by atoms with Gasteiger partial charge in [0.2, 0.25) is 5.91 Å². The molecule has 1 amide bonds. The van der Waals surface area contributed by atoms with Crippen molar-refractivity contribution in [3.05, 3.63) is 23.7 Å². The molecule has 20 heavy (non-hydrogen) atoms. The molecule has 2 aromatic rings. The van der Waals surface area contributed by atoms with Gasteiger partial charge in [-0.15, -0.1) is 11.6 Å². The quantitative estimate of drug-likeness (QED) is 0.862. The van der Waals surface area contributed by atoms with Crippen LogP contribution in [0.3, 0.4) is 0 Å². The second-order valence-corrected chi connectivity index (χ2v) is 5.48. The number of amides is 1. The van der Waals surface area contributed by atoms with Gasteiger partial charge in [-0.2, -0.15) is 0 Å². The fourth-order valence-corrected chi connectivity index (χ4v) is 2.25. The average Bonchev–Trinajstić information content (AvgIpc) is 2.77. The van der Waals surface area contributed by atoms with Crippen molar-refractivity contribution < 1.29 is 4.79 Å². The highest BCUT2D eigenvalue weighted by molar-refractivity contribution is 6.20. The van der Waals surface area contributed by atoms with Crippen LogP contribution >= 0.6 is 11.6 Å². The van der Waals surface area contributed by atoms with Crippen LogP contribution < -0.4 is 5.32 Å². The van der Waals surface area contributed by atoms with Gasteiger partial charge in [0.25, 0.3) is 0 Å². The second kappa shape index (κ2) is 6.22. The summed E-state index contributed by atoms with van der Waals surface area (Å²) in [5.74, 6) is 0.628. The van der Waals surface area contributed by atoms with Gasteiger partial charge in [-0.25, -0.2) is 9.97 Å². The average molecular weight is 295 g/mol. The molecule has 108 valence electrons. The zero-order valence-corrected chi connectivity index (χ0v) is 12.7. The van der Waals surface area contributed by atoms with E-state index in [-0.39, 0.29) is 17.8 Å². The molecule has 0 fully saturated rings. The normalized spacial score (nSPS) is 12.6. The summed E-state index contributed by atoms with van der Waals surface area (Å²) in [5, 5.41) is 2.58. The van der Waals surface area contributed by atoms with Gasteiger partial charge < -0.3 is 9.88 Å². The first kappa shape index (κ1) is 14.8. The van der Waals surface area contributed by atoms with Crippen LogP contribution in [0.15, 0.2) is 12.3 Å². The zero-order valence-electron chi connectivity index (χ0n) is 12.0. The van der Waals surface area contributed by atoms with Gasteiger partial charge >= 0.3 is 0 Å². The molecular weight excluding hydrogens is 276 g/mol. The number of imidazole rings is 1. The SMILES string of the molecule is CCCNC(=O)Cn1c(C(C)Cl)nc2c(C)ccnc21. The van der Waals surface area contributed by atoms with Crippen LogP contribution in [0.25, 0.3) is 11.2 Å². The number of rotatable bonds is 5. The Bertz CT molecular complexity index is 621. The first-order valence-corrected chi connectivity index (χ1v) is 7.20. The van der Waals surface area contributed by atoms with Crippen LogP contribution in [0.1, 0.15) is 37.0 Å². The molecule has 2 rings (SSSR count). The summed E-state index contributed by atoms with van der Waals surface area (Å²) in [6.45, 7) is 6.70. The Morgan fingerprint density at radius 1 is 1.55 bits per heavy atom. The molecule has 0 saturated heterocycles. The fraction of sp³-hybridized carbons (Fsp3) is 0.500. The van der Waals surface area contributed by atoms with E-state index < -0.39 is 0 Å². The molecule has 0 aliphatic rings. The third-order valence-corrected chi connectivity index (χ3v) is 3.29. The number of hydrogen-bond donors (Lipinski definition) is 1. The van der Waals surface area contributed by atoms with Crippen LogP contribution in [0.2, 0.25) is 0 Å². The highest BCUT2D eigenvalue weighted by Crippen LogP contribution is 2.24. The molecule has 1 N–H and O–H groups in total. The number of halogens is 1. The van der Waals surface area contributed by atoms with Gasteiger partial charge in [0, 0.05) is 12.7 Å². The highest BCUT2D eigenvalue weighted by atomic mass is 35.5. The third kappa shape index (κ3) is 2.93. The lowest BCUT2D eigenvalue weighted by atomic mass is 10.3. The Labute approximate surface area is 123 Å². The van der Waals surface area contributed by atoms with Gasteiger partial charge in [0.1, 0.15) is 17.9 Å². The number of carbonyl (C=O) groups excluding carboxylic acids is 1. The largest absolute Gasteiger partial charge is 0.355 e. The van der Waals surface area contributed by atoms with E-state index >= 15 is 0 Å². The molecule has 5 nitrogen and oxygen atoms in total. The Balaban J connectivity index is 2.41. The molecule has 0 radical (unpaired) electrons. The molecule has 6 heteroatoms. The van der Waals surface area contributed by atoms with Gasteiger partial charge in [-0.3, -0.25) is 4.79 Å². The van der Waals surface area contributed by atoms with E-state index in [2.05, 4.69) is 15.3 Å². The van der Waals surface area contributed by atoms with E-state index in [4.69, 9.17) is 11.6 Å². The molecule has 1 unspecified atom stereocenters. The monoisotopic (exact) mass is 294 g/mol. The van der Waals surface area contributed by atoms with Crippen molar-refractivity contribution >= 4 is 28.7 Å². The highest BCUT2D eigenvalue weighted by Gasteiger charge is 2.18. The Hall–Kier alpha value is -1.62. The molecule has 0 spiro atoms. The number of nitrogens with one attached hydrogen (secondary N) is 1. The van der Waals surface area contributed by atoms with Gasteiger partial charge in [-0.05, 0) is 31.9 Å². The summed E-state index contributed by atoms with van der Waals surface area (Å²) >= 11 is 6.18. The fourth-order valence-electron chi connectivity index (χ4n) is 2.08. The number of aromatic nitrogens is 3. The Morgan fingerprint density at radius 2 is 2.30 bits per heavy atom. The molecular formula is C14H19ClN4O. The Morgan fingerprint density at radius 3 is 2.95 bits per heavy atom. The maximum Gasteiger partial charge on any atom is 0.240 e. The van der Waals surface area contributed by atoms with Gasteiger partial charge in [0.15, 0.2) is 5.65 Å². The molecule has 0 saturated carbocycles. The number of pyridine rings is 1. The predicted octanol–water partition coefficient (Wildman–Crippen LogP) is 2.57. The molecule has 0 bridgehead atoms. The lowest BCUT2D eigenvalue weighted by Gasteiger charge is -2.10. The lowest BCUT2D eigenvalue weighted by Crippen LogP contribution is -2.28. The van der Waals surface area contributed by atoms with E-state index in [1.165, 1.54) is 0 Å². The van der Waals surface area contributed by atoms with Crippen molar-refractivity contribution in [2.45, 2.75) is 39.1 Å². The molecule has 2 heterocycles. The van der Waals surface area contributed by atoms with Crippen LogP contribution in [0.5, 0.6) is 0 Å². The minimum Gasteiger partial charge on any atom is -0.355 e. The van der Waals surface area contributed by atoms with E-state index in [0.717, 1.165) is 17.5 Å². The first-order valence-electron chi connectivity index (χ1n) is 6.77. The molecule has 0 aliphatic heterocycles. The van der Waals surface area contributed by atoms with Crippen LogP contribution in [-0.2, 0) is 11.3 Å². The smallest absolute Gasteiger partial charge is 0.240 e. The van der Waals surface area contributed by atoms with Crippen molar-refractivity contribution in [1.29, 1.82) is 0 Å². The molecule has 2 aromatic heterocycles. The third-order valence-electron chi connectivity index (χ3n) is 3.09. The van der Waals surface area contributed by atoms with E-state index in [9.17, 15) is 4.79 Å². The summed E-state index contributed by atoms with van der Waals surface area (Å²) in [7, 11) is 0. The van der Waals surface area contributed by atoms with Crippen LogP contribution in [0, 0.1) is 6.92 Å². The number of hydrogen-bond acceptors (Lipinski definition) is 3. The number of fused-ring (bicyclic) bond motifs is 1. The maximum absolute atomic E-state index is 11.9. The summed E-state index contributed by atoms with van der Waals surface area (Å²) in [6.07, 6.45) is 2.63. The minimum atomic E-state index is -0.275. The first-order chi connectivity index (χ1) is 9.54. The number of nitrogens with zero attached hydrogens (tertiary/aromatic N) is 3. The molecule has 1 atom stereocenters. The van der Waals surface area contributed by atoms with Crippen molar-refractivity contribution in [2.75, 3.05) is 6.54 Å². The van der Waals surface area contributed by atoms with Gasteiger partial charge in [-0.1, -0.05) is 6.92 Å². The summed E-state index contributed by atoms with van der Waals surface area (Å²) < 4.78 is 1.80. The second-order valence-electron chi connectivity index (χ2n) is 4.82. The summed E-state index contributed by atoms with van der Waals surface area (Å²) in [6, 6.07) is 1.90. The van der Waals surface area contributed by atoms with Crippen molar-refractivity contribution in [3.8, 4) is 0 Å².